The fourth-order valence-corrected chi connectivity index (χ4v) is 2.43. The second-order valence-electron chi connectivity index (χ2n) is 6.79. The number of rotatable bonds is 5. The van der Waals surface area contributed by atoms with Crippen molar-refractivity contribution in [3.63, 3.8) is 0 Å². The molecule has 1 saturated heterocycles. The number of aliphatic hydroxyl groups is 1. The first kappa shape index (κ1) is 18.2. The Morgan fingerprint density at radius 1 is 1.43 bits per heavy atom. The highest BCUT2D eigenvalue weighted by molar-refractivity contribution is 5.68. The van der Waals surface area contributed by atoms with Crippen molar-refractivity contribution >= 4 is 6.09 Å². The molecule has 0 spiro atoms. The molecule has 0 aliphatic carbocycles. The van der Waals surface area contributed by atoms with Gasteiger partial charge in [0, 0.05) is 18.6 Å². The molecule has 0 aromatic carbocycles. The Kier molecular flexibility index (Phi) is 6.90. The lowest BCUT2D eigenvalue weighted by atomic mass is 10.1. The molecule has 124 valence electrons. The molecule has 2 N–H and O–H groups in total. The molecule has 0 aromatic heterocycles. The molecular formula is C15H30N2O4. The van der Waals surface area contributed by atoms with Crippen molar-refractivity contribution in [3.05, 3.63) is 0 Å². The highest BCUT2D eigenvalue weighted by Gasteiger charge is 2.31. The average Bonchev–Trinajstić information content (AvgIpc) is 2.36. The third-order valence-corrected chi connectivity index (χ3v) is 3.32. The van der Waals surface area contributed by atoms with Gasteiger partial charge in [0.05, 0.1) is 25.9 Å². The van der Waals surface area contributed by atoms with E-state index in [9.17, 15) is 4.79 Å². The van der Waals surface area contributed by atoms with Crippen LogP contribution in [0.5, 0.6) is 0 Å². The number of nitrogens with zero attached hydrogens (tertiary/aromatic N) is 1. The van der Waals surface area contributed by atoms with Crippen molar-refractivity contribution in [2.45, 2.75) is 64.8 Å². The number of morpholine rings is 1. The second kappa shape index (κ2) is 7.96. The summed E-state index contributed by atoms with van der Waals surface area (Å²) in [7, 11) is 0. The molecule has 1 heterocycles. The lowest BCUT2D eigenvalue weighted by Gasteiger charge is -2.38. The van der Waals surface area contributed by atoms with Crippen LogP contribution in [0.2, 0.25) is 0 Å². The minimum Gasteiger partial charge on any atom is -0.444 e. The third-order valence-electron chi connectivity index (χ3n) is 3.32. The SMILES string of the molecule is CC(CO)NC(C)CC1COCCN1C(=O)OC(C)(C)C. The lowest BCUT2D eigenvalue weighted by molar-refractivity contribution is -0.0358. The van der Waals surface area contributed by atoms with Gasteiger partial charge >= 0.3 is 6.09 Å². The molecule has 0 aromatic rings. The number of nitrogens with one attached hydrogen (secondary N) is 1. The standard InChI is InChI=1S/C15H30N2O4/c1-11(16-12(2)9-18)8-13-10-20-7-6-17(13)14(19)21-15(3,4)5/h11-13,16,18H,6-10H2,1-5H3. The van der Waals surface area contributed by atoms with Crippen LogP contribution in [0.15, 0.2) is 0 Å². The maximum atomic E-state index is 12.3. The molecule has 0 saturated carbocycles. The first-order chi connectivity index (χ1) is 9.73. The van der Waals surface area contributed by atoms with Crippen LogP contribution >= 0.6 is 0 Å². The molecule has 0 bridgehead atoms. The molecule has 0 radical (unpaired) electrons. The molecule has 1 amide bonds. The molecule has 21 heavy (non-hydrogen) atoms. The zero-order chi connectivity index (χ0) is 16.0. The first-order valence-corrected chi connectivity index (χ1v) is 7.67. The Morgan fingerprint density at radius 3 is 2.67 bits per heavy atom. The van der Waals surface area contributed by atoms with E-state index in [1.165, 1.54) is 0 Å². The molecule has 1 aliphatic rings. The molecule has 6 heteroatoms. The van der Waals surface area contributed by atoms with E-state index in [0.29, 0.717) is 19.8 Å². The smallest absolute Gasteiger partial charge is 0.410 e. The number of carbonyl (C=O) groups is 1. The van der Waals surface area contributed by atoms with Crippen molar-refractivity contribution in [2.24, 2.45) is 0 Å². The number of hydrogen-bond donors (Lipinski definition) is 2. The van der Waals surface area contributed by atoms with Crippen molar-refractivity contribution in [2.75, 3.05) is 26.4 Å². The van der Waals surface area contributed by atoms with Gasteiger partial charge in [0.15, 0.2) is 0 Å². The van der Waals surface area contributed by atoms with Crippen LogP contribution in [0.1, 0.15) is 41.0 Å². The third kappa shape index (κ3) is 6.63. The van der Waals surface area contributed by atoms with E-state index in [1.54, 1.807) is 4.90 Å². The molecule has 1 rings (SSSR count). The second-order valence-corrected chi connectivity index (χ2v) is 6.79. The molecule has 1 aliphatic heterocycles. The molecule has 6 nitrogen and oxygen atoms in total. The predicted octanol–water partition coefficient (Wildman–Crippen LogP) is 1.37. The van der Waals surface area contributed by atoms with Gasteiger partial charge in [-0.15, -0.1) is 0 Å². The summed E-state index contributed by atoms with van der Waals surface area (Å²) < 4.78 is 11.0. The number of amides is 1. The lowest BCUT2D eigenvalue weighted by Crippen LogP contribution is -2.52. The summed E-state index contributed by atoms with van der Waals surface area (Å²) in [5, 5.41) is 12.4. The molecule has 1 fully saturated rings. The van der Waals surface area contributed by atoms with Gasteiger partial charge in [-0.2, -0.15) is 0 Å². The normalized spacial score (nSPS) is 22.8. The van der Waals surface area contributed by atoms with Gasteiger partial charge in [-0.25, -0.2) is 4.79 Å². The maximum absolute atomic E-state index is 12.3. The van der Waals surface area contributed by atoms with E-state index >= 15 is 0 Å². The summed E-state index contributed by atoms with van der Waals surface area (Å²) in [6.45, 7) is 11.3. The van der Waals surface area contributed by atoms with E-state index in [-0.39, 0.29) is 30.8 Å². The summed E-state index contributed by atoms with van der Waals surface area (Å²) in [6, 6.07) is 0.227. The first-order valence-electron chi connectivity index (χ1n) is 7.67. The van der Waals surface area contributed by atoms with Gasteiger partial charge in [-0.1, -0.05) is 0 Å². The van der Waals surface area contributed by atoms with Crippen molar-refractivity contribution in [1.82, 2.24) is 10.2 Å². The van der Waals surface area contributed by atoms with Crippen LogP contribution in [0, 0.1) is 0 Å². The predicted molar refractivity (Wildman–Crippen MR) is 81.3 cm³/mol. The average molecular weight is 302 g/mol. The zero-order valence-corrected chi connectivity index (χ0v) is 13.9. The largest absolute Gasteiger partial charge is 0.444 e. The number of hydrogen-bond acceptors (Lipinski definition) is 5. The Bertz CT molecular complexity index is 330. The summed E-state index contributed by atoms with van der Waals surface area (Å²) >= 11 is 0. The summed E-state index contributed by atoms with van der Waals surface area (Å²) in [5.41, 5.74) is -0.491. The highest BCUT2D eigenvalue weighted by Crippen LogP contribution is 2.17. The van der Waals surface area contributed by atoms with Gasteiger partial charge in [0.1, 0.15) is 5.60 Å². The Labute approximate surface area is 127 Å². The highest BCUT2D eigenvalue weighted by atomic mass is 16.6. The van der Waals surface area contributed by atoms with E-state index in [2.05, 4.69) is 5.32 Å². The molecular weight excluding hydrogens is 272 g/mol. The Balaban J connectivity index is 2.58. The van der Waals surface area contributed by atoms with Gasteiger partial charge in [-0.3, -0.25) is 0 Å². The monoisotopic (exact) mass is 302 g/mol. The van der Waals surface area contributed by atoms with E-state index < -0.39 is 5.60 Å². The number of ether oxygens (including phenoxy) is 2. The summed E-state index contributed by atoms with van der Waals surface area (Å²) in [5.74, 6) is 0. The van der Waals surface area contributed by atoms with Crippen LogP contribution in [-0.2, 0) is 9.47 Å². The van der Waals surface area contributed by atoms with E-state index in [1.807, 2.05) is 34.6 Å². The summed E-state index contributed by atoms with van der Waals surface area (Å²) in [4.78, 5) is 14.0. The van der Waals surface area contributed by atoms with E-state index in [0.717, 1.165) is 6.42 Å². The summed E-state index contributed by atoms with van der Waals surface area (Å²) in [6.07, 6.45) is 0.488. The van der Waals surface area contributed by atoms with Crippen LogP contribution < -0.4 is 5.32 Å². The van der Waals surface area contributed by atoms with Crippen LogP contribution in [0.4, 0.5) is 4.79 Å². The van der Waals surface area contributed by atoms with Crippen molar-refractivity contribution < 1.29 is 19.4 Å². The Hall–Kier alpha value is -0.850. The topological polar surface area (TPSA) is 71.0 Å². The fourth-order valence-electron chi connectivity index (χ4n) is 2.43. The minimum atomic E-state index is -0.491. The zero-order valence-electron chi connectivity index (χ0n) is 13.9. The minimum absolute atomic E-state index is 0.00185. The van der Waals surface area contributed by atoms with Gasteiger partial charge in [-0.05, 0) is 41.0 Å². The van der Waals surface area contributed by atoms with Crippen LogP contribution in [-0.4, -0.2) is 66.2 Å². The molecule has 3 atom stereocenters. The maximum Gasteiger partial charge on any atom is 0.410 e. The van der Waals surface area contributed by atoms with Gasteiger partial charge in [0.25, 0.3) is 0 Å². The Morgan fingerprint density at radius 2 is 2.10 bits per heavy atom. The van der Waals surface area contributed by atoms with E-state index in [4.69, 9.17) is 14.6 Å². The quantitative estimate of drug-likeness (QED) is 0.802. The number of aliphatic hydroxyl groups excluding tert-OH is 1. The van der Waals surface area contributed by atoms with Crippen LogP contribution in [0.3, 0.4) is 0 Å². The number of carbonyl (C=O) groups excluding carboxylic acids is 1. The van der Waals surface area contributed by atoms with Crippen molar-refractivity contribution in [3.8, 4) is 0 Å². The van der Waals surface area contributed by atoms with Gasteiger partial charge < -0.3 is 24.8 Å². The molecule has 3 unspecified atom stereocenters. The fraction of sp³-hybridized carbons (Fsp3) is 0.933. The van der Waals surface area contributed by atoms with Crippen molar-refractivity contribution in [1.29, 1.82) is 0 Å². The van der Waals surface area contributed by atoms with Gasteiger partial charge in [0.2, 0.25) is 0 Å². The van der Waals surface area contributed by atoms with Crippen LogP contribution in [0.25, 0.3) is 0 Å².